The minimum absolute atomic E-state index is 0.0623. The smallest absolute Gasteiger partial charge is 0.310 e. The Hall–Kier alpha value is -3.17. The number of thioether (sulfide) groups is 1. The fourth-order valence-electron chi connectivity index (χ4n) is 5.35. The minimum Gasteiger partial charge on any atom is -0.487 e. The summed E-state index contributed by atoms with van der Waals surface area (Å²) in [5, 5.41) is 3.68. The molecule has 2 aliphatic heterocycles. The summed E-state index contributed by atoms with van der Waals surface area (Å²) in [7, 11) is -4.20. The van der Waals surface area contributed by atoms with Gasteiger partial charge in [0.25, 0.3) is 0 Å². The molecule has 0 saturated carbocycles. The van der Waals surface area contributed by atoms with Gasteiger partial charge in [-0.15, -0.1) is 0 Å². The average molecular weight is 632 g/mol. The Morgan fingerprint density at radius 3 is 2.72 bits per heavy atom. The van der Waals surface area contributed by atoms with Gasteiger partial charge in [0.2, 0.25) is 22.2 Å². The molecule has 2 fully saturated rings. The number of nitrogens with zero attached hydrogens (tertiary/aromatic N) is 3. The van der Waals surface area contributed by atoms with Gasteiger partial charge in [0.15, 0.2) is 5.16 Å². The van der Waals surface area contributed by atoms with Crippen molar-refractivity contribution in [1.82, 2.24) is 19.2 Å². The molecule has 2 N–H and O–H groups in total. The minimum atomic E-state index is -4.20. The van der Waals surface area contributed by atoms with Crippen LogP contribution in [-0.4, -0.2) is 85.7 Å². The summed E-state index contributed by atoms with van der Waals surface area (Å²) >= 11 is 1.51. The van der Waals surface area contributed by atoms with Gasteiger partial charge in [-0.05, 0) is 70.3 Å². The number of carbonyl (C=O) groups is 2. The molecule has 2 aromatic carbocycles. The molecule has 3 heterocycles. The molecule has 43 heavy (non-hydrogen) atoms. The first-order chi connectivity index (χ1) is 20.7. The third-order valence-corrected chi connectivity index (χ3v) is 9.46. The van der Waals surface area contributed by atoms with Crippen molar-refractivity contribution in [1.29, 1.82) is 0 Å². The number of aromatic nitrogens is 2. The van der Waals surface area contributed by atoms with Crippen LogP contribution in [0.5, 0.6) is 5.75 Å². The van der Waals surface area contributed by atoms with Crippen LogP contribution in [0.2, 0.25) is 0 Å². The van der Waals surface area contributed by atoms with E-state index >= 15 is 0 Å². The summed E-state index contributed by atoms with van der Waals surface area (Å²) in [6, 6.07) is 11.3. The fraction of sp³-hybridized carbons (Fsp3) is 0.483. The van der Waals surface area contributed by atoms with Crippen LogP contribution < -0.4 is 14.8 Å². The van der Waals surface area contributed by atoms with Crippen molar-refractivity contribution in [3.05, 3.63) is 42.5 Å². The lowest BCUT2D eigenvalue weighted by atomic mass is 10.2. The Labute approximate surface area is 255 Å². The summed E-state index contributed by atoms with van der Waals surface area (Å²) in [6.45, 7) is 6.22. The average Bonchev–Trinajstić information content (AvgIpc) is 3.68. The number of nitrogens with one attached hydrogen (secondary N) is 2. The first-order valence-corrected chi connectivity index (χ1v) is 17.0. The van der Waals surface area contributed by atoms with Crippen molar-refractivity contribution < 1.29 is 32.2 Å². The lowest BCUT2D eigenvalue weighted by Gasteiger charge is -2.22. The van der Waals surface area contributed by atoms with Gasteiger partial charge in [-0.3, -0.25) is 14.5 Å². The predicted octanol–water partition coefficient (Wildman–Crippen LogP) is 3.22. The summed E-state index contributed by atoms with van der Waals surface area (Å²) in [4.78, 5) is 31.3. The third-order valence-electron chi connectivity index (χ3n) is 7.25. The Bertz CT molecular complexity index is 1570. The molecule has 2 aliphatic rings. The Kier molecular flexibility index (Phi) is 9.92. The van der Waals surface area contributed by atoms with E-state index in [-0.39, 0.29) is 36.1 Å². The Morgan fingerprint density at radius 1 is 1.21 bits per heavy atom. The van der Waals surface area contributed by atoms with Crippen LogP contribution in [0.3, 0.4) is 0 Å². The molecule has 0 aliphatic carbocycles. The number of para-hydroxylation sites is 2. The molecule has 2 saturated heterocycles. The zero-order valence-corrected chi connectivity index (χ0v) is 26.1. The number of likely N-dealkylation sites (tertiary alicyclic amines) is 1. The van der Waals surface area contributed by atoms with E-state index in [1.54, 1.807) is 6.92 Å². The summed E-state index contributed by atoms with van der Waals surface area (Å²) < 4.78 is 48.8. The van der Waals surface area contributed by atoms with Crippen LogP contribution in [0.4, 0.5) is 5.69 Å². The molecular weight excluding hydrogens is 594 g/mol. The van der Waals surface area contributed by atoms with Gasteiger partial charge in [-0.25, -0.2) is 18.1 Å². The number of amides is 1. The molecule has 2 unspecified atom stereocenters. The Balaban J connectivity index is 1.41. The van der Waals surface area contributed by atoms with Gasteiger partial charge in [-0.2, -0.15) is 0 Å². The highest BCUT2D eigenvalue weighted by molar-refractivity contribution is 7.98. The van der Waals surface area contributed by atoms with Crippen molar-refractivity contribution in [2.75, 3.05) is 37.8 Å². The van der Waals surface area contributed by atoms with Crippen LogP contribution in [0.1, 0.15) is 33.1 Å². The molecule has 14 heteroatoms. The lowest BCUT2D eigenvalue weighted by Crippen LogP contribution is -2.41. The summed E-state index contributed by atoms with van der Waals surface area (Å²) in [5.74, 6) is -0.679. The van der Waals surface area contributed by atoms with E-state index in [1.807, 2.05) is 42.0 Å². The number of hydrogen-bond donors (Lipinski definition) is 2. The highest BCUT2D eigenvalue weighted by Gasteiger charge is 2.39. The highest BCUT2D eigenvalue weighted by Crippen LogP contribution is 2.31. The van der Waals surface area contributed by atoms with Crippen molar-refractivity contribution in [2.24, 2.45) is 0 Å². The van der Waals surface area contributed by atoms with E-state index in [0.29, 0.717) is 12.2 Å². The van der Waals surface area contributed by atoms with Crippen LogP contribution >= 0.6 is 11.8 Å². The number of esters is 1. The van der Waals surface area contributed by atoms with Crippen molar-refractivity contribution >= 4 is 50.4 Å². The van der Waals surface area contributed by atoms with E-state index in [0.717, 1.165) is 42.1 Å². The number of anilines is 1. The molecule has 1 amide bonds. The Morgan fingerprint density at radius 2 is 1.98 bits per heavy atom. The molecule has 3 atom stereocenters. The first-order valence-electron chi connectivity index (χ1n) is 14.3. The van der Waals surface area contributed by atoms with E-state index in [1.165, 1.54) is 30.0 Å². The largest absolute Gasteiger partial charge is 0.487 e. The number of rotatable bonds is 13. The maximum absolute atomic E-state index is 13.7. The van der Waals surface area contributed by atoms with E-state index in [9.17, 15) is 18.0 Å². The number of ether oxygens (including phenoxy) is 3. The van der Waals surface area contributed by atoms with Gasteiger partial charge >= 0.3 is 5.97 Å². The number of sulfonamides is 1. The van der Waals surface area contributed by atoms with Crippen LogP contribution in [0.25, 0.3) is 11.0 Å². The molecule has 0 bridgehead atoms. The van der Waals surface area contributed by atoms with Gasteiger partial charge < -0.3 is 24.1 Å². The first kappa shape index (κ1) is 31.3. The molecule has 0 radical (unpaired) electrons. The van der Waals surface area contributed by atoms with E-state index in [2.05, 4.69) is 19.9 Å². The van der Waals surface area contributed by atoms with Gasteiger partial charge in [0.05, 0.1) is 36.6 Å². The maximum Gasteiger partial charge on any atom is 0.310 e. The fourth-order valence-corrected chi connectivity index (χ4v) is 7.27. The zero-order valence-electron chi connectivity index (χ0n) is 24.4. The second kappa shape index (κ2) is 13.6. The molecule has 1 aromatic heterocycles. The number of cyclic esters (lactones) is 1. The zero-order chi connectivity index (χ0) is 30.6. The molecule has 12 nitrogen and oxygen atoms in total. The standard InChI is InChI=1S/C29H37N5O7S2/c1-4-39-28-22(16-27(36)41-28)32-43(37,38)25-12-11-20(30-26(35)18-33-13-7-8-14-33)15-24(25)40-19(2)17-34-23-10-6-5-9-21(23)31-29(34)42-3/h5-6,9-12,15,19,22,28,32H,4,7-8,13-14,16-18H2,1-3H3,(H,30,35)/t19-,22?,28?/m1/s1. The monoisotopic (exact) mass is 631 g/mol. The quantitative estimate of drug-likeness (QED) is 0.213. The molecule has 5 rings (SSSR count). The highest BCUT2D eigenvalue weighted by atomic mass is 32.2. The van der Waals surface area contributed by atoms with Gasteiger partial charge in [-0.1, -0.05) is 23.9 Å². The van der Waals surface area contributed by atoms with Crippen molar-refractivity contribution in [3.8, 4) is 5.75 Å². The van der Waals surface area contributed by atoms with Gasteiger partial charge in [0.1, 0.15) is 16.7 Å². The maximum atomic E-state index is 13.7. The second-order valence-corrected chi connectivity index (χ2v) is 13.0. The number of benzene rings is 2. The normalized spacial score (nSPS) is 19.9. The lowest BCUT2D eigenvalue weighted by molar-refractivity contribution is -0.163. The number of carbonyl (C=O) groups excluding carboxylic acids is 2. The van der Waals surface area contributed by atoms with Crippen LogP contribution in [-0.2, 0) is 35.6 Å². The van der Waals surface area contributed by atoms with Crippen molar-refractivity contribution in [2.45, 2.75) is 68.1 Å². The van der Waals surface area contributed by atoms with E-state index in [4.69, 9.17) is 14.2 Å². The van der Waals surface area contributed by atoms with Gasteiger partial charge in [0, 0.05) is 18.4 Å². The summed E-state index contributed by atoms with van der Waals surface area (Å²) in [6.07, 6.45) is 2.40. The molecule has 232 valence electrons. The molecular formula is C29H37N5O7S2. The topological polar surface area (TPSA) is 141 Å². The summed E-state index contributed by atoms with van der Waals surface area (Å²) in [5.41, 5.74) is 2.20. The second-order valence-electron chi connectivity index (χ2n) is 10.6. The predicted molar refractivity (Wildman–Crippen MR) is 163 cm³/mol. The number of fused-ring (bicyclic) bond motifs is 1. The van der Waals surface area contributed by atoms with Crippen LogP contribution in [0, 0.1) is 0 Å². The van der Waals surface area contributed by atoms with Crippen LogP contribution in [0.15, 0.2) is 52.5 Å². The number of hydrogen-bond acceptors (Lipinski definition) is 10. The molecule has 3 aromatic rings. The van der Waals surface area contributed by atoms with Crippen molar-refractivity contribution in [3.63, 3.8) is 0 Å². The van der Waals surface area contributed by atoms with E-state index < -0.39 is 34.4 Å². The third kappa shape index (κ3) is 7.50. The number of imidazole rings is 1. The molecule has 0 spiro atoms. The SMILES string of the molecule is CCOC1OC(=O)CC1NS(=O)(=O)c1ccc(NC(=O)CN2CCCC2)cc1O[C@H](C)Cn1c(SC)nc2ccccc21.